The number of furan rings is 1. The second-order valence-electron chi connectivity index (χ2n) is 13.4. The van der Waals surface area contributed by atoms with Crippen molar-refractivity contribution in [3.63, 3.8) is 0 Å². The number of benzene rings is 6. The quantitative estimate of drug-likeness (QED) is 0.191. The molecule has 0 amide bonds. The van der Waals surface area contributed by atoms with E-state index in [0.29, 0.717) is 5.82 Å². The van der Waals surface area contributed by atoms with Crippen LogP contribution < -0.4 is 0 Å². The fraction of sp³-hybridized carbons (Fsp3) is 0.0667. The molecule has 4 heteroatoms. The Bertz CT molecular complexity index is 2720. The van der Waals surface area contributed by atoms with Gasteiger partial charge in [0.1, 0.15) is 11.2 Å². The van der Waals surface area contributed by atoms with Gasteiger partial charge in [-0.2, -0.15) is 0 Å². The SMILES string of the molecule is CC1(C)c2ccccc2-c2c(-c3cc(-c4ccc(-c5cc6ccccc6s5)cc4)nc(-c4ccc5c(c4)oc4ccccc45)n3)cccc21. The molecule has 0 radical (unpaired) electrons. The summed E-state index contributed by atoms with van der Waals surface area (Å²) in [4.78, 5) is 11.8. The van der Waals surface area contributed by atoms with Crippen molar-refractivity contribution >= 4 is 43.4 Å². The van der Waals surface area contributed by atoms with Gasteiger partial charge in [0.25, 0.3) is 0 Å². The minimum Gasteiger partial charge on any atom is -0.456 e. The molecular weight excluding hydrogens is 617 g/mol. The molecule has 49 heavy (non-hydrogen) atoms. The van der Waals surface area contributed by atoms with Crippen LogP contribution in [0.4, 0.5) is 0 Å². The number of nitrogens with zero attached hydrogens (tertiary/aromatic N) is 2. The van der Waals surface area contributed by atoms with Crippen LogP contribution in [0.15, 0.2) is 150 Å². The van der Waals surface area contributed by atoms with Crippen molar-refractivity contribution in [2.45, 2.75) is 19.3 Å². The molecular formula is C45H30N2OS. The van der Waals surface area contributed by atoms with Crippen molar-refractivity contribution in [1.82, 2.24) is 9.97 Å². The summed E-state index contributed by atoms with van der Waals surface area (Å²) in [5.74, 6) is 0.673. The Morgan fingerprint density at radius 2 is 1.22 bits per heavy atom. The average molecular weight is 647 g/mol. The summed E-state index contributed by atoms with van der Waals surface area (Å²) in [5.41, 5.74) is 12.9. The lowest BCUT2D eigenvalue weighted by Crippen LogP contribution is -2.14. The Hall–Kier alpha value is -5.84. The first kappa shape index (κ1) is 28.2. The molecule has 0 N–H and O–H groups in total. The zero-order valence-corrected chi connectivity index (χ0v) is 27.9. The summed E-state index contributed by atoms with van der Waals surface area (Å²) in [6.07, 6.45) is 0. The highest BCUT2D eigenvalue weighted by molar-refractivity contribution is 7.22. The second-order valence-corrected chi connectivity index (χ2v) is 14.5. The number of rotatable bonds is 4. The number of thiophene rings is 1. The van der Waals surface area contributed by atoms with E-state index in [1.54, 1.807) is 0 Å². The van der Waals surface area contributed by atoms with E-state index in [1.165, 1.54) is 42.8 Å². The third-order valence-electron chi connectivity index (χ3n) is 10.1. The Kier molecular flexibility index (Phi) is 6.09. The predicted molar refractivity (Wildman–Crippen MR) is 204 cm³/mol. The molecule has 3 nitrogen and oxygen atoms in total. The van der Waals surface area contributed by atoms with E-state index in [-0.39, 0.29) is 5.41 Å². The maximum absolute atomic E-state index is 6.29. The van der Waals surface area contributed by atoms with E-state index in [9.17, 15) is 0 Å². The molecule has 9 aromatic rings. The summed E-state index contributed by atoms with van der Waals surface area (Å²) in [6.45, 7) is 4.64. The van der Waals surface area contributed by atoms with Crippen LogP contribution in [0, 0.1) is 0 Å². The van der Waals surface area contributed by atoms with Gasteiger partial charge in [-0.05, 0) is 69.6 Å². The molecule has 0 bridgehead atoms. The zero-order chi connectivity index (χ0) is 32.7. The molecule has 0 unspecified atom stereocenters. The molecule has 0 atom stereocenters. The van der Waals surface area contributed by atoms with Gasteiger partial charge in [0.15, 0.2) is 5.82 Å². The third-order valence-corrected chi connectivity index (χ3v) is 11.3. The highest BCUT2D eigenvalue weighted by Gasteiger charge is 2.36. The van der Waals surface area contributed by atoms with Gasteiger partial charge in [0.2, 0.25) is 0 Å². The van der Waals surface area contributed by atoms with Crippen LogP contribution in [-0.4, -0.2) is 9.97 Å². The second kappa shape index (κ2) is 10.6. The highest BCUT2D eigenvalue weighted by Crippen LogP contribution is 2.52. The molecule has 0 fully saturated rings. The zero-order valence-electron chi connectivity index (χ0n) is 27.1. The van der Waals surface area contributed by atoms with Crippen LogP contribution in [0.5, 0.6) is 0 Å². The van der Waals surface area contributed by atoms with E-state index in [4.69, 9.17) is 14.4 Å². The standard InChI is InChI=1S/C45H30N2OS/c1-45(2)35-14-6-4-12-33(35)43-34(13-9-15-36(43)45)38-26-37(27-18-20-28(21-19-27)42-25-29-10-3-8-17-41(29)49-42)46-44(47-38)30-22-23-32-31-11-5-7-16-39(31)48-40(32)24-30/h3-26H,1-2H3. The van der Waals surface area contributed by atoms with Gasteiger partial charge in [0, 0.05) is 42.5 Å². The lowest BCUT2D eigenvalue weighted by molar-refractivity contribution is 0.660. The van der Waals surface area contributed by atoms with Crippen molar-refractivity contribution < 1.29 is 4.42 Å². The van der Waals surface area contributed by atoms with Gasteiger partial charge >= 0.3 is 0 Å². The molecule has 0 saturated carbocycles. The number of fused-ring (bicyclic) bond motifs is 7. The highest BCUT2D eigenvalue weighted by atomic mass is 32.1. The molecule has 3 aromatic heterocycles. The van der Waals surface area contributed by atoms with Gasteiger partial charge in [-0.1, -0.05) is 123 Å². The maximum atomic E-state index is 6.29. The molecule has 0 spiro atoms. The molecule has 6 aromatic carbocycles. The first-order valence-corrected chi connectivity index (χ1v) is 17.5. The van der Waals surface area contributed by atoms with E-state index in [0.717, 1.165) is 50.0 Å². The Labute approximate surface area is 288 Å². The first-order valence-electron chi connectivity index (χ1n) is 16.7. The molecule has 1 aliphatic carbocycles. The molecule has 0 aliphatic heterocycles. The smallest absolute Gasteiger partial charge is 0.160 e. The Morgan fingerprint density at radius 3 is 2.12 bits per heavy atom. The van der Waals surface area contributed by atoms with Crippen molar-refractivity contribution in [2.24, 2.45) is 0 Å². The number of para-hydroxylation sites is 1. The predicted octanol–water partition coefficient (Wildman–Crippen LogP) is 12.6. The van der Waals surface area contributed by atoms with Gasteiger partial charge in [-0.3, -0.25) is 0 Å². The van der Waals surface area contributed by atoms with Crippen molar-refractivity contribution in [1.29, 1.82) is 0 Å². The van der Waals surface area contributed by atoms with Crippen LogP contribution in [-0.2, 0) is 5.41 Å². The third kappa shape index (κ3) is 4.41. The summed E-state index contributed by atoms with van der Waals surface area (Å²) in [6, 6.07) is 51.7. The fourth-order valence-corrected chi connectivity index (χ4v) is 8.69. The van der Waals surface area contributed by atoms with E-state index < -0.39 is 0 Å². The van der Waals surface area contributed by atoms with Crippen molar-refractivity contribution in [2.75, 3.05) is 0 Å². The minimum atomic E-state index is -0.102. The fourth-order valence-electron chi connectivity index (χ4n) is 7.62. The maximum Gasteiger partial charge on any atom is 0.160 e. The monoisotopic (exact) mass is 646 g/mol. The number of aromatic nitrogens is 2. The van der Waals surface area contributed by atoms with E-state index >= 15 is 0 Å². The first-order chi connectivity index (χ1) is 24.0. The van der Waals surface area contributed by atoms with Crippen LogP contribution >= 0.6 is 11.3 Å². The van der Waals surface area contributed by atoms with Crippen LogP contribution in [0.1, 0.15) is 25.0 Å². The lowest BCUT2D eigenvalue weighted by atomic mass is 9.82. The molecule has 1 aliphatic rings. The minimum absolute atomic E-state index is 0.102. The van der Waals surface area contributed by atoms with Gasteiger partial charge in [-0.25, -0.2) is 9.97 Å². The molecule has 0 saturated heterocycles. The summed E-state index contributed by atoms with van der Waals surface area (Å²) < 4.78 is 7.59. The largest absolute Gasteiger partial charge is 0.456 e. The molecule has 232 valence electrons. The Balaban J connectivity index is 1.15. The summed E-state index contributed by atoms with van der Waals surface area (Å²) in [5, 5.41) is 3.48. The van der Waals surface area contributed by atoms with Crippen molar-refractivity contribution in [3.8, 4) is 55.5 Å². The van der Waals surface area contributed by atoms with E-state index in [2.05, 4.69) is 141 Å². The van der Waals surface area contributed by atoms with Gasteiger partial charge in [0.05, 0.1) is 11.4 Å². The van der Waals surface area contributed by atoms with Gasteiger partial charge < -0.3 is 4.42 Å². The van der Waals surface area contributed by atoms with E-state index in [1.807, 2.05) is 29.5 Å². The molecule has 10 rings (SSSR count). The lowest BCUT2D eigenvalue weighted by Gasteiger charge is -2.21. The number of hydrogen-bond donors (Lipinski definition) is 0. The topological polar surface area (TPSA) is 38.9 Å². The normalized spacial score (nSPS) is 13.3. The average Bonchev–Trinajstić information content (AvgIpc) is 3.82. The van der Waals surface area contributed by atoms with Crippen molar-refractivity contribution in [3.05, 3.63) is 157 Å². The number of hydrogen-bond acceptors (Lipinski definition) is 4. The van der Waals surface area contributed by atoms with Gasteiger partial charge in [-0.15, -0.1) is 11.3 Å². The van der Waals surface area contributed by atoms with Crippen LogP contribution in [0.25, 0.3) is 87.5 Å². The summed E-state index contributed by atoms with van der Waals surface area (Å²) >= 11 is 1.82. The molecule has 3 heterocycles. The van der Waals surface area contributed by atoms with Crippen LogP contribution in [0.2, 0.25) is 0 Å². The summed E-state index contributed by atoms with van der Waals surface area (Å²) in [7, 11) is 0. The Morgan fingerprint density at radius 1 is 0.531 bits per heavy atom. The van der Waals surface area contributed by atoms with Crippen LogP contribution in [0.3, 0.4) is 0 Å².